The average Bonchev–Trinajstić information content (AvgIpc) is 2.80. The van der Waals surface area contributed by atoms with E-state index >= 15 is 0 Å². The van der Waals surface area contributed by atoms with Gasteiger partial charge in [-0.1, -0.05) is 33.6 Å². The van der Waals surface area contributed by atoms with Crippen molar-refractivity contribution < 1.29 is 4.79 Å². The number of H-pyrrole nitrogens is 1. The van der Waals surface area contributed by atoms with E-state index in [9.17, 15) is 4.79 Å². The van der Waals surface area contributed by atoms with E-state index in [-0.39, 0.29) is 5.78 Å². The van der Waals surface area contributed by atoms with Crippen LogP contribution in [0, 0.1) is 0 Å². The first-order chi connectivity index (χ1) is 9.56. The number of fused-ring (bicyclic) bond motifs is 1. The molecule has 0 aliphatic rings. The number of halogens is 2. The number of aromatic nitrogens is 1. The van der Waals surface area contributed by atoms with E-state index in [4.69, 9.17) is 17.3 Å². The molecule has 20 heavy (non-hydrogen) atoms. The van der Waals surface area contributed by atoms with Crippen molar-refractivity contribution in [3.05, 3.63) is 63.2 Å². The number of ketones is 1. The average molecular weight is 350 g/mol. The van der Waals surface area contributed by atoms with Crippen LogP contribution in [0.3, 0.4) is 0 Å². The van der Waals surface area contributed by atoms with Crippen molar-refractivity contribution in [1.82, 2.24) is 4.98 Å². The first-order valence-corrected chi connectivity index (χ1v) is 7.10. The number of carbonyl (C=O) groups is 1. The number of hydrogen-bond acceptors (Lipinski definition) is 2. The third kappa shape index (κ3) is 2.21. The number of anilines is 1. The maximum atomic E-state index is 12.6. The van der Waals surface area contributed by atoms with E-state index in [1.165, 1.54) is 0 Å². The Hall–Kier alpha value is -1.78. The molecule has 3 N–H and O–H groups in total. The fourth-order valence-electron chi connectivity index (χ4n) is 2.15. The molecule has 0 radical (unpaired) electrons. The van der Waals surface area contributed by atoms with E-state index < -0.39 is 0 Å². The number of nitrogens with two attached hydrogens (primary N) is 1. The normalized spacial score (nSPS) is 10.9. The monoisotopic (exact) mass is 348 g/mol. The Bertz CT molecular complexity index is 826. The molecule has 100 valence electrons. The van der Waals surface area contributed by atoms with Gasteiger partial charge in [-0.3, -0.25) is 4.79 Å². The van der Waals surface area contributed by atoms with Gasteiger partial charge in [-0.2, -0.15) is 0 Å². The lowest BCUT2D eigenvalue weighted by molar-refractivity contribution is 0.104. The van der Waals surface area contributed by atoms with Crippen LogP contribution in [0.2, 0.25) is 5.02 Å². The van der Waals surface area contributed by atoms with Gasteiger partial charge in [0.25, 0.3) is 0 Å². The molecule has 0 aliphatic carbocycles. The van der Waals surface area contributed by atoms with E-state index in [1.54, 1.807) is 24.4 Å². The van der Waals surface area contributed by atoms with Gasteiger partial charge >= 0.3 is 0 Å². The third-order valence-electron chi connectivity index (χ3n) is 3.13. The van der Waals surface area contributed by atoms with Gasteiger partial charge in [-0.15, -0.1) is 0 Å². The van der Waals surface area contributed by atoms with Crippen molar-refractivity contribution in [3.63, 3.8) is 0 Å². The van der Waals surface area contributed by atoms with Gasteiger partial charge in [-0.25, -0.2) is 0 Å². The number of benzene rings is 2. The van der Waals surface area contributed by atoms with Crippen LogP contribution in [0.5, 0.6) is 0 Å². The molecule has 0 bridgehead atoms. The predicted molar refractivity (Wildman–Crippen MR) is 85.3 cm³/mol. The minimum Gasteiger partial charge on any atom is -0.399 e. The lowest BCUT2D eigenvalue weighted by atomic mass is 10.0. The fraction of sp³-hybridized carbons (Fsp3) is 0. The second-order valence-corrected chi connectivity index (χ2v) is 5.78. The van der Waals surface area contributed by atoms with Crippen molar-refractivity contribution in [1.29, 1.82) is 0 Å². The molecule has 0 unspecified atom stereocenters. The first kappa shape index (κ1) is 13.2. The maximum absolute atomic E-state index is 12.6. The number of carbonyl (C=O) groups excluding carboxylic acids is 1. The first-order valence-electron chi connectivity index (χ1n) is 5.92. The Morgan fingerprint density at radius 3 is 2.70 bits per heavy atom. The standard InChI is InChI=1S/C15H10BrClN2O/c16-8-1-3-10-12(7-19-14(10)5-8)15(20)11-4-2-9(18)6-13(11)17/h1-7,19H,18H2. The molecule has 0 atom stereocenters. The minimum atomic E-state index is -0.122. The zero-order valence-corrected chi connectivity index (χ0v) is 12.6. The topological polar surface area (TPSA) is 58.9 Å². The van der Waals surface area contributed by atoms with Crippen LogP contribution in [0.1, 0.15) is 15.9 Å². The molecule has 5 heteroatoms. The Morgan fingerprint density at radius 2 is 1.95 bits per heavy atom. The van der Waals surface area contributed by atoms with Crippen molar-refractivity contribution in [2.45, 2.75) is 0 Å². The summed E-state index contributed by atoms with van der Waals surface area (Å²) in [5.74, 6) is -0.122. The molecule has 1 aromatic heterocycles. The number of nitrogen functional groups attached to an aromatic ring is 1. The quantitative estimate of drug-likeness (QED) is 0.532. The van der Waals surface area contributed by atoms with Crippen LogP contribution in [0.25, 0.3) is 10.9 Å². The zero-order chi connectivity index (χ0) is 14.3. The Morgan fingerprint density at radius 1 is 1.15 bits per heavy atom. The van der Waals surface area contributed by atoms with E-state index in [0.29, 0.717) is 21.8 Å². The highest BCUT2D eigenvalue weighted by molar-refractivity contribution is 9.10. The van der Waals surface area contributed by atoms with E-state index in [2.05, 4.69) is 20.9 Å². The molecule has 0 saturated carbocycles. The summed E-state index contributed by atoms with van der Waals surface area (Å²) in [6.07, 6.45) is 1.70. The molecule has 1 heterocycles. The van der Waals surface area contributed by atoms with Gasteiger partial charge in [0.05, 0.1) is 5.02 Å². The summed E-state index contributed by atoms with van der Waals surface area (Å²) in [5.41, 5.74) is 8.13. The van der Waals surface area contributed by atoms with Crippen molar-refractivity contribution in [2.24, 2.45) is 0 Å². The molecule has 0 fully saturated rings. The maximum Gasteiger partial charge on any atom is 0.196 e. The van der Waals surface area contributed by atoms with Gasteiger partial charge in [0, 0.05) is 38.4 Å². The molecule has 2 aromatic carbocycles. The number of aromatic amines is 1. The Kier molecular flexibility index (Phi) is 3.28. The van der Waals surface area contributed by atoms with Gasteiger partial charge in [0.1, 0.15) is 0 Å². The lowest BCUT2D eigenvalue weighted by Gasteiger charge is -2.04. The van der Waals surface area contributed by atoms with Gasteiger partial charge in [0.2, 0.25) is 0 Å². The number of hydrogen-bond donors (Lipinski definition) is 2. The highest BCUT2D eigenvalue weighted by Gasteiger charge is 2.17. The summed E-state index contributed by atoms with van der Waals surface area (Å²) in [7, 11) is 0. The molecular weight excluding hydrogens is 340 g/mol. The van der Waals surface area contributed by atoms with Crippen LogP contribution >= 0.6 is 27.5 Å². The molecule has 0 saturated heterocycles. The molecular formula is C15H10BrClN2O. The van der Waals surface area contributed by atoms with Crippen LogP contribution in [0.4, 0.5) is 5.69 Å². The van der Waals surface area contributed by atoms with Gasteiger partial charge in [-0.05, 0) is 30.3 Å². The van der Waals surface area contributed by atoms with Crippen LogP contribution in [-0.4, -0.2) is 10.8 Å². The van der Waals surface area contributed by atoms with E-state index in [1.807, 2.05) is 18.2 Å². The highest BCUT2D eigenvalue weighted by Crippen LogP contribution is 2.27. The molecule has 0 aliphatic heterocycles. The summed E-state index contributed by atoms with van der Waals surface area (Å²) < 4.78 is 0.955. The van der Waals surface area contributed by atoms with Gasteiger partial charge in [0.15, 0.2) is 5.78 Å². The smallest absolute Gasteiger partial charge is 0.196 e. The van der Waals surface area contributed by atoms with Crippen LogP contribution < -0.4 is 5.73 Å². The highest BCUT2D eigenvalue weighted by atomic mass is 79.9. The zero-order valence-electron chi connectivity index (χ0n) is 10.3. The summed E-state index contributed by atoms with van der Waals surface area (Å²) in [4.78, 5) is 15.7. The largest absolute Gasteiger partial charge is 0.399 e. The van der Waals surface area contributed by atoms with Crippen molar-refractivity contribution in [3.8, 4) is 0 Å². The lowest BCUT2D eigenvalue weighted by Crippen LogP contribution is -2.02. The summed E-state index contributed by atoms with van der Waals surface area (Å²) >= 11 is 9.50. The molecule has 3 nitrogen and oxygen atoms in total. The molecule has 3 aromatic rings. The Balaban J connectivity index is 2.13. The summed E-state index contributed by atoms with van der Waals surface area (Å²) in [6.45, 7) is 0. The fourth-order valence-corrected chi connectivity index (χ4v) is 2.78. The van der Waals surface area contributed by atoms with Crippen molar-refractivity contribution in [2.75, 3.05) is 5.73 Å². The van der Waals surface area contributed by atoms with E-state index in [0.717, 1.165) is 15.4 Å². The number of nitrogens with one attached hydrogen (secondary N) is 1. The summed E-state index contributed by atoms with van der Waals surface area (Å²) in [5, 5.41) is 1.23. The predicted octanol–water partition coefficient (Wildman–Crippen LogP) is 4.40. The SMILES string of the molecule is Nc1ccc(C(=O)c2c[nH]c3cc(Br)ccc23)c(Cl)c1. The van der Waals surface area contributed by atoms with Gasteiger partial charge < -0.3 is 10.7 Å². The third-order valence-corrected chi connectivity index (χ3v) is 3.93. The molecule has 0 amide bonds. The van der Waals surface area contributed by atoms with Crippen molar-refractivity contribution >= 4 is 49.9 Å². The molecule has 3 rings (SSSR count). The minimum absolute atomic E-state index is 0.122. The van der Waals surface area contributed by atoms with Crippen LogP contribution in [0.15, 0.2) is 47.1 Å². The molecule has 0 spiro atoms. The summed E-state index contributed by atoms with van der Waals surface area (Å²) in [6, 6.07) is 10.6. The van der Waals surface area contributed by atoms with Crippen LogP contribution in [-0.2, 0) is 0 Å². The Labute approximate surface area is 128 Å². The number of rotatable bonds is 2. The second-order valence-electron chi connectivity index (χ2n) is 4.46. The second kappa shape index (κ2) is 4.96.